The van der Waals surface area contributed by atoms with Crippen molar-refractivity contribution in [2.24, 2.45) is 11.3 Å². The van der Waals surface area contributed by atoms with Gasteiger partial charge in [0.1, 0.15) is 0 Å². The van der Waals surface area contributed by atoms with Gasteiger partial charge in [0.2, 0.25) is 0 Å². The van der Waals surface area contributed by atoms with Crippen molar-refractivity contribution >= 4 is 0 Å². The zero-order valence-electron chi connectivity index (χ0n) is 7.23. The third-order valence-electron chi connectivity index (χ3n) is 1.85. The highest BCUT2D eigenvalue weighted by molar-refractivity contribution is 4.89. The summed E-state index contributed by atoms with van der Waals surface area (Å²) in [4.78, 5) is 0. The molecule has 0 radical (unpaired) electrons. The van der Waals surface area contributed by atoms with E-state index < -0.39 is 0 Å². The van der Waals surface area contributed by atoms with Crippen LogP contribution in [0.15, 0.2) is 12.2 Å². The monoisotopic (exact) mass is 126 g/mol. The number of allylic oxidation sites excluding steroid dienone is 2. The van der Waals surface area contributed by atoms with E-state index >= 15 is 0 Å². The van der Waals surface area contributed by atoms with Gasteiger partial charge in [-0.05, 0) is 18.3 Å². The molecule has 0 nitrogen and oxygen atoms in total. The quantitative estimate of drug-likeness (QED) is 0.473. The van der Waals surface area contributed by atoms with E-state index in [1.54, 1.807) is 0 Å². The summed E-state index contributed by atoms with van der Waals surface area (Å²) >= 11 is 0. The van der Waals surface area contributed by atoms with Crippen molar-refractivity contribution in [1.82, 2.24) is 0 Å². The molecular weight excluding hydrogens is 108 g/mol. The van der Waals surface area contributed by atoms with E-state index in [0.717, 1.165) is 0 Å². The van der Waals surface area contributed by atoms with Crippen molar-refractivity contribution in [3.63, 3.8) is 0 Å². The average Bonchev–Trinajstić information content (AvgIpc) is 1.64. The Morgan fingerprint density at radius 1 is 1.22 bits per heavy atom. The van der Waals surface area contributed by atoms with Crippen LogP contribution in [0.1, 0.15) is 34.6 Å². The molecule has 0 bridgehead atoms. The van der Waals surface area contributed by atoms with Crippen LogP contribution in [-0.2, 0) is 0 Å². The molecule has 54 valence electrons. The SMILES string of the molecule is C/C=C\C(C)C(C)(C)C. The van der Waals surface area contributed by atoms with Crippen LogP contribution >= 0.6 is 0 Å². The normalized spacial score (nSPS) is 16.6. The fourth-order valence-electron chi connectivity index (χ4n) is 0.577. The van der Waals surface area contributed by atoms with Crippen LogP contribution in [-0.4, -0.2) is 0 Å². The summed E-state index contributed by atoms with van der Waals surface area (Å²) in [6.07, 6.45) is 4.37. The van der Waals surface area contributed by atoms with Gasteiger partial charge >= 0.3 is 0 Å². The van der Waals surface area contributed by atoms with E-state index in [4.69, 9.17) is 0 Å². The standard InChI is InChI=1S/C9H18/c1-6-7-8(2)9(3,4)5/h6-8H,1-5H3/b7-6-. The lowest BCUT2D eigenvalue weighted by atomic mass is 9.82. The van der Waals surface area contributed by atoms with Gasteiger partial charge in [-0.2, -0.15) is 0 Å². The van der Waals surface area contributed by atoms with Crippen molar-refractivity contribution in [3.8, 4) is 0 Å². The molecule has 1 unspecified atom stereocenters. The van der Waals surface area contributed by atoms with Crippen molar-refractivity contribution in [3.05, 3.63) is 12.2 Å². The predicted octanol–water partition coefficient (Wildman–Crippen LogP) is 3.24. The molecule has 0 spiro atoms. The van der Waals surface area contributed by atoms with E-state index in [-0.39, 0.29) is 0 Å². The maximum absolute atomic E-state index is 2.26. The Balaban J connectivity index is 3.88. The zero-order chi connectivity index (χ0) is 7.49. The fourth-order valence-corrected chi connectivity index (χ4v) is 0.577. The summed E-state index contributed by atoms with van der Waals surface area (Å²) < 4.78 is 0. The first kappa shape index (κ1) is 8.74. The van der Waals surface area contributed by atoms with E-state index in [0.29, 0.717) is 11.3 Å². The third-order valence-corrected chi connectivity index (χ3v) is 1.85. The summed E-state index contributed by atoms with van der Waals surface area (Å²) in [5.41, 5.74) is 0.423. The fraction of sp³-hybridized carbons (Fsp3) is 0.778. The highest BCUT2D eigenvalue weighted by atomic mass is 14.2. The Morgan fingerprint density at radius 2 is 1.67 bits per heavy atom. The van der Waals surface area contributed by atoms with Crippen LogP contribution in [0.25, 0.3) is 0 Å². The summed E-state index contributed by atoms with van der Waals surface area (Å²) in [5, 5.41) is 0. The summed E-state index contributed by atoms with van der Waals surface area (Å²) in [6.45, 7) is 11.1. The highest BCUT2D eigenvalue weighted by Crippen LogP contribution is 2.25. The molecule has 1 atom stereocenters. The van der Waals surface area contributed by atoms with Gasteiger partial charge in [0.25, 0.3) is 0 Å². The van der Waals surface area contributed by atoms with E-state index in [1.807, 2.05) is 0 Å². The second-order valence-corrected chi connectivity index (χ2v) is 3.68. The smallest absolute Gasteiger partial charge is 0.0213 e. The lowest BCUT2D eigenvalue weighted by molar-refractivity contribution is 0.314. The molecule has 0 aromatic heterocycles. The molecule has 0 heterocycles. The molecule has 0 aliphatic heterocycles. The van der Waals surface area contributed by atoms with Gasteiger partial charge in [-0.15, -0.1) is 0 Å². The molecule has 0 aliphatic rings. The van der Waals surface area contributed by atoms with E-state index in [2.05, 4.69) is 46.8 Å². The van der Waals surface area contributed by atoms with Gasteiger partial charge in [0, 0.05) is 0 Å². The van der Waals surface area contributed by atoms with E-state index in [9.17, 15) is 0 Å². The van der Waals surface area contributed by atoms with Gasteiger partial charge < -0.3 is 0 Å². The first-order chi connectivity index (χ1) is 3.98. The van der Waals surface area contributed by atoms with Crippen LogP contribution in [0.4, 0.5) is 0 Å². The predicted molar refractivity (Wildman–Crippen MR) is 43.4 cm³/mol. The Kier molecular flexibility index (Phi) is 2.96. The van der Waals surface area contributed by atoms with Crippen LogP contribution in [0, 0.1) is 11.3 Å². The first-order valence-electron chi connectivity index (χ1n) is 3.61. The molecule has 0 heteroatoms. The maximum Gasteiger partial charge on any atom is -0.0213 e. The van der Waals surface area contributed by atoms with Gasteiger partial charge in [-0.3, -0.25) is 0 Å². The van der Waals surface area contributed by atoms with Crippen molar-refractivity contribution in [1.29, 1.82) is 0 Å². The van der Waals surface area contributed by atoms with Gasteiger partial charge in [0.15, 0.2) is 0 Å². The number of hydrogen-bond acceptors (Lipinski definition) is 0. The van der Waals surface area contributed by atoms with Crippen LogP contribution in [0.2, 0.25) is 0 Å². The van der Waals surface area contributed by atoms with Gasteiger partial charge in [0.05, 0.1) is 0 Å². The molecule has 0 rings (SSSR count). The molecule has 0 saturated carbocycles. The highest BCUT2D eigenvalue weighted by Gasteiger charge is 2.15. The topological polar surface area (TPSA) is 0 Å². The molecule has 9 heavy (non-hydrogen) atoms. The molecule has 0 aromatic rings. The largest absolute Gasteiger partial charge is 0.0914 e. The lowest BCUT2D eigenvalue weighted by Crippen LogP contribution is -2.14. The number of rotatable bonds is 1. The van der Waals surface area contributed by atoms with Crippen molar-refractivity contribution < 1.29 is 0 Å². The molecule has 0 aliphatic carbocycles. The second kappa shape index (κ2) is 3.05. The Labute approximate surface area is 59.0 Å². The summed E-state index contributed by atoms with van der Waals surface area (Å²) in [7, 11) is 0. The molecule has 0 saturated heterocycles. The minimum atomic E-state index is 0.423. The van der Waals surface area contributed by atoms with Crippen molar-refractivity contribution in [2.75, 3.05) is 0 Å². The Bertz CT molecular complexity index is 93.1. The van der Waals surface area contributed by atoms with Crippen LogP contribution in [0.5, 0.6) is 0 Å². The minimum absolute atomic E-state index is 0.423. The summed E-state index contributed by atoms with van der Waals surface area (Å²) in [5.74, 6) is 0.683. The Hall–Kier alpha value is -0.260. The third kappa shape index (κ3) is 3.34. The van der Waals surface area contributed by atoms with Gasteiger partial charge in [-0.25, -0.2) is 0 Å². The molecule has 0 N–H and O–H groups in total. The van der Waals surface area contributed by atoms with Crippen LogP contribution < -0.4 is 0 Å². The van der Waals surface area contributed by atoms with Crippen LogP contribution in [0.3, 0.4) is 0 Å². The minimum Gasteiger partial charge on any atom is -0.0914 e. The molecule has 0 fully saturated rings. The van der Waals surface area contributed by atoms with Crippen molar-refractivity contribution in [2.45, 2.75) is 34.6 Å². The first-order valence-corrected chi connectivity index (χ1v) is 3.61. The van der Waals surface area contributed by atoms with Gasteiger partial charge in [-0.1, -0.05) is 39.8 Å². The Morgan fingerprint density at radius 3 is 1.78 bits per heavy atom. The molecule has 0 aromatic carbocycles. The molecular formula is C9H18. The molecule has 0 amide bonds. The average molecular weight is 126 g/mol. The second-order valence-electron chi connectivity index (χ2n) is 3.68. The lowest BCUT2D eigenvalue weighted by Gasteiger charge is -2.23. The van der Waals surface area contributed by atoms with E-state index in [1.165, 1.54) is 0 Å². The maximum atomic E-state index is 2.26. The zero-order valence-corrected chi connectivity index (χ0v) is 7.23. The number of hydrogen-bond donors (Lipinski definition) is 0. The summed E-state index contributed by atoms with van der Waals surface area (Å²) in [6, 6.07) is 0.